The second-order valence-electron chi connectivity index (χ2n) is 9.40. The van der Waals surface area contributed by atoms with Crippen LogP contribution in [0.2, 0.25) is 0 Å². The molecule has 0 bridgehead atoms. The summed E-state index contributed by atoms with van der Waals surface area (Å²) in [4.78, 5) is 24.2. The van der Waals surface area contributed by atoms with Gasteiger partial charge in [0.15, 0.2) is 0 Å². The molecular formula is C23H43NO4. The number of amides is 1. The Morgan fingerprint density at radius 3 is 2.00 bits per heavy atom. The molecule has 0 radical (unpaired) electrons. The maximum absolute atomic E-state index is 12.2. The van der Waals surface area contributed by atoms with E-state index >= 15 is 0 Å². The van der Waals surface area contributed by atoms with Gasteiger partial charge in [-0.05, 0) is 60.8 Å². The summed E-state index contributed by atoms with van der Waals surface area (Å²) in [6, 6.07) is -0.342. The molecule has 0 heterocycles. The van der Waals surface area contributed by atoms with Crippen molar-refractivity contribution in [2.75, 3.05) is 0 Å². The number of carbonyl (C=O) groups is 2. The summed E-state index contributed by atoms with van der Waals surface area (Å²) in [7, 11) is 0. The van der Waals surface area contributed by atoms with Crippen molar-refractivity contribution >= 4 is 12.1 Å². The number of unbranched alkanes of at least 4 members (excludes halogenated alkanes) is 6. The smallest absolute Gasteiger partial charge is 0.407 e. The van der Waals surface area contributed by atoms with Gasteiger partial charge in [-0.15, -0.1) is 0 Å². The first-order valence-corrected chi connectivity index (χ1v) is 10.8. The van der Waals surface area contributed by atoms with E-state index in [4.69, 9.17) is 9.47 Å². The second kappa shape index (κ2) is 13.6. The van der Waals surface area contributed by atoms with Gasteiger partial charge in [0.1, 0.15) is 11.2 Å². The molecule has 0 spiro atoms. The molecule has 164 valence electrons. The summed E-state index contributed by atoms with van der Waals surface area (Å²) >= 11 is 0. The predicted molar refractivity (Wildman–Crippen MR) is 115 cm³/mol. The number of allylic oxidation sites excluding steroid dienone is 1. The molecule has 0 fully saturated rings. The van der Waals surface area contributed by atoms with E-state index < -0.39 is 17.3 Å². The van der Waals surface area contributed by atoms with Gasteiger partial charge in [0.25, 0.3) is 0 Å². The van der Waals surface area contributed by atoms with Gasteiger partial charge in [-0.25, -0.2) is 4.79 Å². The topological polar surface area (TPSA) is 64.6 Å². The maximum Gasteiger partial charge on any atom is 0.407 e. The van der Waals surface area contributed by atoms with Crippen LogP contribution in [0.5, 0.6) is 0 Å². The Kier molecular flexibility index (Phi) is 12.9. The summed E-state index contributed by atoms with van der Waals surface area (Å²) < 4.78 is 10.7. The van der Waals surface area contributed by atoms with E-state index in [1.165, 1.54) is 38.5 Å². The lowest BCUT2D eigenvalue weighted by Crippen LogP contribution is -2.40. The Morgan fingerprint density at radius 2 is 1.43 bits per heavy atom. The summed E-state index contributed by atoms with van der Waals surface area (Å²) in [6.45, 7) is 13.2. The number of hydrogen-bond donors (Lipinski definition) is 1. The molecule has 5 nitrogen and oxygen atoms in total. The van der Waals surface area contributed by atoms with Crippen molar-refractivity contribution in [3.8, 4) is 0 Å². The first-order chi connectivity index (χ1) is 12.9. The predicted octanol–water partition coefficient (Wildman–Crippen LogP) is 6.31. The summed E-state index contributed by atoms with van der Waals surface area (Å²) in [5, 5.41) is 2.80. The molecule has 28 heavy (non-hydrogen) atoms. The van der Waals surface area contributed by atoms with Crippen LogP contribution in [-0.2, 0) is 14.3 Å². The number of esters is 1. The highest BCUT2D eigenvalue weighted by atomic mass is 16.6. The number of nitrogens with one attached hydrogen (secondary N) is 1. The van der Waals surface area contributed by atoms with E-state index in [-0.39, 0.29) is 18.4 Å². The van der Waals surface area contributed by atoms with E-state index in [0.29, 0.717) is 6.42 Å². The zero-order valence-corrected chi connectivity index (χ0v) is 19.2. The molecule has 1 N–H and O–H groups in total. The molecule has 0 unspecified atom stereocenters. The van der Waals surface area contributed by atoms with Crippen LogP contribution in [0, 0.1) is 0 Å². The Labute approximate surface area is 172 Å². The van der Waals surface area contributed by atoms with Crippen LogP contribution in [0.15, 0.2) is 12.2 Å². The van der Waals surface area contributed by atoms with Crippen LogP contribution < -0.4 is 5.32 Å². The average molecular weight is 398 g/mol. The van der Waals surface area contributed by atoms with Crippen molar-refractivity contribution in [2.24, 2.45) is 0 Å². The Morgan fingerprint density at radius 1 is 0.857 bits per heavy atom. The van der Waals surface area contributed by atoms with Crippen molar-refractivity contribution in [2.45, 2.75) is 123 Å². The number of alkyl carbamates (subject to hydrolysis) is 1. The Hall–Kier alpha value is -1.52. The fourth-order valence-electron chi connectivity index (χ4n) is 2.67. The SMILES string of the molecule is CCCCCCCC/C=C/C[C@H](CC(=O)OC(C)(C)C)NC(=O)OC(C)(C)C. The Balaban J connectivity index is 4.49. The Bertz CT molecular complexity index is 442. The largest absolute Gasteiger partial charge is 0.460 e. The van der Waals surface area contributed by atoms with Gasteiger partial charge in [0.2, 0.25) is 0 Å². The fourth-order valence-corrected chi connectivity index (χ4v) is 2.67. The third-order valence-electron chi connectivity index (χ3n) is 3.87. The number of ether oxygens (including phenoxy) is 2. The second-order valence-corrected chi connectivity index (χ2v) is 9.40. The molecule has 0 aliphatic rings. The molecule has 1 amide bonds. The van der Waals surface area contributed by atoms with E-state index in [2.05, 4.69) is 18.3 Å². The molecule has 0 aromatic carbocycles. The van der Waals surface area contributed by atoms with Gasteiger partial charge < -0.3 is 14.8 Å². The van der Waals surface area contributed by atoms with Crippen molar-refractivity contribution in [3.05, 3.63) is 12.2 Å². The first kappa shape index (κ1) is 26.5. The third kappa shape index (κ3) is 17.9. The monoisotopic (exact) mass is 397 g/mol. The lowest BCUT2D eigenvalue weighted by atomic mass is 10.1. The molecule has 0 aliphatic heterocycles. The first-order valence-electron chi connectivity index (χ1n) is 10.8. The zero-order chi connectivity index (χ0) is 21.6. The number of carbonyl (C=O) groups excluding carboxylic acids is 2. The van der Waals surface area contributed by atoms with Crippen LogP contribution in [0.3, 0.4) is 0 Å². The normalized spacial score (nSPS) is 13.4. The lowest BCUT2D eigenvalue weighted by molar-refractivity contribution is -0.155. The quantitative estimate of drug-likeness (QED) is 0.238. The molecule has 5 heteroatoms. The van der Waals surface area contributed by atoms with Gasteiger partial charge >= 0.3 is 12.1 Å². The fraction of sp³-hybridized carbons (Fsp3) is 0.826. The van der Waals surface area contributed by atoms with E-state index in [0.717, 1.165) is 6.42 Å². The van der Waals surface area contributed by atoms with Crippen molar-refractivity contribution in [1.29, 1.82) is 0 Å². The van der Waals surface area contributed by atoms with Crippen LogP contribution >= 0.6 is 0 Å². The van der Waals surface area contributed by atoms with Gasteiger partial charge in [-0.2, -0.15) is 0 Å². The average Bonchev–Trinajstić information content (AvgIpc) is 2.49. The molecule has 0 saturated carbocycles. The summed E-state index contributed by atoms with van der Waals surface area (Å²) in [6.07, 6.45) is 13.0. The minimum Gasteiger partial charge on any atom is -0.460 e. The maximum atomic E-state index is 12.2. The highest BCUT2D eigenvalue weighted by Gasteiger charge is 2.23. The molecule has 1 atom stereocenters. The minimum atomic E-state index is -0.575. The lowest BCUT2D eigenvalue weighted by Gasteiger charge is -2.24. The minimum absolute atomic E-state index is 0.123. The van der Waals surface area contributed by atoms with Crippen molar-refractivity contribution in [3.63, 3.8) is 0 Å². The van der Waals surface area contributed by atoms with E-state index in [1.54, 1.807) is 0 Å². The van der Waals surface area contributed by atoms with Gasteiger partial charge in [0, 0.05) is 6.04 Å². The standard InChI is InChI=1S/C23H43NO4/c1-8-9-10-11-12-13-14-15-16-17-19(18-20(25)27-22(2,3)4)24-21(26)28-23(5,6)7/h15-16,19H,8-14,17-18H2,1-7H3,(H,24,26)/b16-15+/t19-/m1/s1. The van der Waals surface area contributed by atoms with Crippen LogP contribution in [0.1, 0.15) is 106 Å². The zero-order valence-electron chi connectivity index (χ0n) is 19.2. The van der Waals surface area contributed by atoms with Crippen LogP contribution in [0.4, 0.5) is 4.79 Å². The summed E-state index contributed by atoms with van der Waals surface area (Å²) in [5.74, 6) is -0.321. The van der Waals surface area contributed by atoms with Gasteiger partial charge in [0.05, 0.1) is 6.42 Å². The molecule has 0 aromatic heterocycles. The van der Waals surface area contributed by atoms with Gasteiger partial charge in [-0.1, -0.05) is 51.2 Å². The highest BCUT2D eigenvalue weighted by Crippen LogP contribution is 2.13. The van der Waals surface area contributed by atoms with Gasteiger partial charge in [-0.3, -0.25) is 4.79 Å². The van der Waals surface area contributed by atoms with Crippen molar-refractivity contribution < 1.29 is 19.1 Å². The number of rotatable bonds is 12. The molecule has 0 aliphatic carbocycles. The third-order valence-corrected chi connectivity index (χ3v) is 3.87. The van der Waals surface area contributed by atoms with E-state index in [9.17, 15) is 9.59 Å². The highest BCUT2D eigenvalue weighted by molar-refractivity contribution is 5.73. The van der Waals surface area contributed by atoms with Crippen LogP contribution in [-0.4, -0.2) is 29.3 Å². The van der Waals surface area contributed by atoms with Crippen LogP contribution in [0.25, 0.3) is 0 Å². The molecular weight excluding hydrogens is 354 g/mol. The molecule has 0 saturated heterocycles. The number of hydrogen-bond acceptors (Lipinski definition) is 4. The summed E-state index contributed by atoms with van der Waals surface area (Å²) in [5.41, 5.74) is -1.12. The van der Waals surface area contributed by atoms with E-state index in [1.807, 2.05) is 47.6 Å². The molecule has 0 aromatic rings. The van der Waals surface area contributed by atoms with Crippen molar-refractivity contribution in [1.82, 2.24) is 5.32 Å². The molecule has 0 rings (SSSR count).